The molecule has 0 aliphatic carbocycles. The molecule has 2 bridgehead atoms. The van der Waals surface area contributed by atoms with Gasteiger partial charge in [-0.1, -0.05) is 19.1 Å². The van der Waals surface area contributed by atoms with E-state index in [1.165, 1.54) is 4.57 Å². The topological polar surface area (TPSA) is 101 Å². The minimum absolute atomic E-state index is 0.0695. The van der Waals surface area contributed by atoms with Gasteiger partial charge in [-0.15, -0.1) is 5.10 Å². The van der Waals surface area contributed by atoms with Crippen molar-refractivity contribution in [3.8, 4) is 0 Å². The van der Waals surface area contributed by atoms with Crippen molar-refractivity contribution in [1.29, 1.82) is 0 Å². The highest BCUT2D eigenvalue weighted by Crippen LogP contribution is 2.60. The maximum Gasteiger partial charge on any atom is 0.351 e. The monoisotopic (exact) mass is 302 g/mol. The quantitative estimate of drug-likeness (QED) is 0.878. The highest BCUT2D eigenvalue weighted by molar-refractivity contribution is 5.35. The van der Waals surface area contributed by atoms with Crippen molar-refractivity contribution in [3.63, 3.8) is 0 Å². The van der Waals surface area contributed by atoms with Gasteiger partial charge < -0.3 is 10.5 Å². The molecule has 4 atom stereocenters. The smallest absolute Gasteiger partial charge is 0.351 e. The van der Waals surface area contributed by atoms with Crippen molar-refractivity contribution in [2.75, 3.05) is 5.73 Å². The van der Waals surface area contributed by atoms with Gasteiger partial charge in [0.15, 0.2) is 6.23 Å². The summed E-state index contributed by atoms with van der Waals surface area (Å²) >= 11 is 0. The molecule has 0 saturated carbocycles. The highest BCUT2D eigenvalue weighted by atomic mass is 16.5. The first-order valence-corrected chi connectivity index (χ1v) is 7.43. The third-order valence-electron chi connectivity index (χ3n) is 5.13. The fourth-order valence-corrected chi connectivity index (χ4v) is 3.88. The van der Waals surface area contributed by atoms with Gasteiger partial charge >= 0.3 is 5.69 Å². The van der Waals surface area contributed by atoms with E-state index >= 15 is 0 Å². The number of aromatic nitrogens is 5. The predicted molar refractivity (Wildman–Crippen MR) is 78.0 cm³/mol. The number of rotatable bonds is 2. The van der Waals surface area contributed by atoms with Crippen molar-refractivity contribution in [2.24, 2.45) is 5.92 Å². The third kappa shape index (κ3) is 1.40. The predicted octanol–water partition coefficient (Wildman–Crippen LogP) is 0.751. The Morgan fingerprint density at radius 2 is 2.27 bits per heavy atom. The zero-order valence-corrected chi connectivity index (χ0v) is 12.7. The summed E-state index contributed by atoms with van der Waals surface area (Å²) < 4.78 is 9.75. The number of aryl methyl sites for hydroxylation is 1. The second-order valence-corrected chi connectivity index (χ2v) is 6.09. The molecule has 1 saturated heterocycles. The van der Waals surface area contributed by atoms with Gasteiger partial charge in [-0.05, 0) is 13.3 Å². The summed E-state index contributed by atoms with van der Waals surface area (Å²) in [6.45, 7) is 6.03. The summed E-state index contributed by atoms with van der Waals surface area (Å²) in [6.07, 6.45) is 3.82. The molecule has 0 aromatic carbocycles. The second-order valence-electron chi connectivity index (χ2n) is 6.09. The van der Waals surface area contributed by atoms with Gasteiger partial charge in [-0.25, -0.2) is 9.48 Å². The minimum Gasteiger partial charge on any atom is -0.383 e. The first-order chi connectivity index (χ1) is 10.5. The van der Waals surface area contributed by atoms with Crippen LogP contribution in [0.25, 0.3) is 0 Å². The zero-order valence-electron chi connectivity index (χ0n) is 12.7. The number of ether oxygens (including phenoxy) is 1. The minimum atomic E-state index is -0.451. The van der Waals surface area contributed by atoms with Crippen LogP contribution in [-0.2, 0) is 10.3 Å². The van der Waals surface area contributed by atoms with E-state index in [9.17, 15) is 4.79 Å². The highest BCUT2D eigenvalue weighted by Gasteiger charge is 2.62. The Kier molecular flexibility index (Phi) is 2.54. The number of hydrogen-bond acceptors (Lipinski definition) is 6. The molecule has 22 heavy (non-hydrogen) atoms. The third-order valence-corrected chi connectivity index (χ3v) is 5.13. The van der Waals surface area contributed by atoms with Crippen molar-refractivity contribution < 1.29 is 4.74 Å². The summed E-state index contributed by atoms with van der Waals surface area (Å²) in [5.41, 5.74) is 6.59. The molecule has 8 nitrogen and oxygen atoms in total. The van der Waals surface area contributed by atoms with Gasteiger partial charge in [-0.2, -0.15) is 4.98 Å². The van der Waals surface area contributed by atoms with Crippen molar-refractivity contribution in [3.05, 3.63) is 34.1 Å². The van der Waals surface area contributed by atoms with E-state index in [1.807, 2.05) is 11.6 Å². The van der Waals surface area contributed by atoms with Crippen molar-refractivity contribution in [2.45, 2.75) is 45.1 Å². The van der Waals surface area contributed by atoms with E-state index in [4.69, 9.17) is 10.5 Å². The van der Waals surface area contributed by atoms with Gasteiger partial charge in [-0.3, -0.25) is 4.57 Å². The maximum absolute atomic E-state index is 12.3. The summed E-state index contributed by atoms with van der Waals surface area (Å²) in [5, 5.41) is 8.20. The Hall–Kier alpha value is -2.22. The fourth-order valence-electron chi connectivity index (χ4n) is 3.88. The Labute approximate surface area is 126 Å². The van der Waals surface area contributed by atoms with Gasteiger partial charge in [0.2, 0.25) is 0 Å². The van der Waals surface area contributed by atoms with Crippen LogP contribution in [0.5, 0.6) is 0 Å². The molecule has 4 rings (SSSR count). The number of hydrogen-bond donors (Lipinski definition) is 1. The lowest BCUT2D eigenvalue weighted by molar-refractivity contribution is -0.112. The lowest BCUT2D eigenvalue weighted by Gasteiger charge is -2.31. The van der Waals surface area contributed by atoms with Gasteiger partial charge in [0, 0.05) is 17.7 Å². The van der Waals surface area contributed by atoms with Crippen LogP contribution in [0.15, 0.2) is 17.2 Å². The van der Waals surface area contributed by atoms with Gasteiger partial charge in [0.05, 0.1) is 11.9 Å². The molecule has 2 aliphatic heterocycles. The van der Waals surface area contributed by atoms with Crippen LogP contribution in [0.2, 0.25) is 0 Å². The van der Waals surface area contributed by atoms with E-state index in [1.54, 1.807) is 12.4 Å². The molecule has 0 radical (unpaired) electrons. The van der Waals surface area contributed by atoms with Crippen LogP contribution in [0, 0.1) is 12.8 Å². The molecular formula is C14H18N6O2. The van der Waals surface area contributed by atoms with Crippen LogP contribution in [-0.4, -0.2) is 24.5 Å². The molecule has 2 aromatic heterocycles. The number of nitrogens with two attached hydrogens (primary N) is 1. The van der Waals surface area contributed by atoms with E-state index in [-0.39, 0.29) is 17.8 Å². The molecule has 8 heteroatoms. The lowest BCUT2D eigenvalue weighted by Crippen LogP contribution is -2.36. The van der Waals surface area contributed by atoms with Gasteiger partial charge in [0.1, 0.15) is 17.5 Å². The molecule has 0 amide bonds. The summed E-state index contributed by atoms with van der Waals surface area (Å²) in [4.78, 5) is 16.1. The fraction of sp³-hybridized carbons (Fsp3) is 0.571. The van der Waals surface area contributed by atoms with E-state index in [0.717, 1.165) is 17.7 Å². The summed E-state index contributed by atoms with van der Waals surface area (Å²) in [7, 11) is 0. The first-order valence-electron chi connectivity index (χ1n) is 7.43. The number of nitrogen functional groups attached to an aromatic ring is 1. The van der Waals surface area contributed by atoms with E-state index < -0.39 is 17.5 Å². The first kappa shape index (κ1) is 13.4. The Morgan fingerprint density at radius 3 is 3.00 bits per heavy atom. The summed E-state index contributed by atoms with van der Waals surface area (Å²) in [5.74, 6) is 0.460. The Balaban J connectivity index is 1.88. The number of fused-ring (bicyclic) bond motifs is 5. The molecule has 116 valence electrons. The molecule has 1 unspecified atom stereocenters. The number of anilines is 1. The molecule has 4 heterocycles. The SMILES string of the molecule is CC[C@@]12O[C@@H](n3cc(C)c(N)nc3=O)[C@H](C1C)n1nncc12. The molecule has 2 aliphatic rings. The van der Waals surface area contributed by atoms with Crippen LogP contribution in [0.4, 0.5) is 5.82 Å². The van der Waals surface area contributed by atoms with Crippen LogP contribution >= 0.6 is 0 Å². The maximum atomic E-state index is 12.3. The van der Waals surface area contributed by atoms with Crippen LogP contribution in [0.1, 0.15) is 43.8 Å². The Bertz CT molecular complexity index is 812. The van der Waals surface area contributed by atoms with Crippen LogP contribution < -0.4 is 11.4 Å². The summed E-state index contributed by atoms with van der Waals surface area (Å²) in [6, 6.07) is -0.0695. The largest absolute Gasteiger partial charge is 0.383 e. The zero-order chi connectivity index (χ0) is 15.6. The van der Waals surface area contributed by atoms with Crippen LogP contribution in [0.3, 0.4) is 0 Å². The standard InChI is InChI=1S/C14H18N6O2/c1-4-14-8(3)10(20-9(14)5-16-18-20)12(22-14)19-6-7(2)11(15)17-13(19)21/h5-6,8,10,12H,4H2,1-3H3,(H2,15,17,21)/t8?,10-,12+,14+/m0/s1. The molecule has 2 aromatic rings. The van der Waals surface area contributed by atoms with E-state index in [0.29, 0.717) is 0 Å². The average Bonchev–Trinajstić information content (AvgIpc) is 3.12. The van der Waals surface area contributed by atoms with E-state index in [2.05, 4.69) is 29.1 Å². The molecular weight excluding hydrogens is 284 g/mol. The van der Waals surface area contributed by atoms with Gasteiger partial charge in [0.25, 0.3) is 0 Å². The second kappa shape index (κ2) is 4.16. The average molecular weight is 302 g/mol. The Morgan fingerprint density at radius 1 is 1.50 bits per heavy atom. The normalized spacial score (nSPS) is 32.4. The van der Waals surface area contributed by atoms with Crippen molar-refractivity contribution in [1.82, 2.24) is 24.5 Å². The molecule has 0 spiro atoms. The number of nitrogens with zero attached hydrogens (tertiary/aromatic N) is 5. The van der Waals surface area contributed by atoms with Crippen molar-refractivity contribution >= 4 is 5.82 Å². The molecule has 2 N–H and O–H groups in total. The lowest BCUT2D eigenvalue weighted by atomic mass is 9.85. The molecule has 1 fully saturated rings.